The Labute approximate surface area is 119 Å². The van der Waals surface area contributed by atoms with Crippen molar-refractivity contribution in [1.82, 2.24) is 4.98 Å². The molecule has 0 aliphatic heterocycles. The summed E-state index contributed by atoms with van der Waals surface area (Å²) in [6, 6.07) is 17.6. The minimum atomic E-state index is 0.661. The topological polar surface area (TPSA) is 36.7 Å². The van der Waals surface area contributed by atoms with Crippen LogP contribution in [0.1, 0.15) is 5.56 Å². The lowest BCUT2D eigenvalue weighted by Crippen LogP contribution is -1.86. The van der Waals surface area contributed by atoms with E-state index in [9.17, 15) is 0 Å². The first-order valence-corrected chi connectivity index (χ1v) is 6.62. The molecule has 0 aliphatic carbocycles. The van der Waals surface area contributed by atoms with Crippen molar-refractivity contribution >= 4 is 26.8 Å². The van der Waals surface area contributed by atoms with Crippen molar-refractivity contribution in [1.29, 1.82) is 5.26 Å². The van der Waals surface area contributed by atoms with E-state index < -0.39 is 0 Å². The smallest absolute Gasteiger partial charge is 0.0991 e. The molecule has 2 aromatic carbocycles. The van der Waals surface area contributed by atoms with E-state index in [0.717, 1.165) is 26.5 Å². The highest BCUT2D eigenvalue weighted by Crippen LogP contribution is 2.33. The van der Waals surface area contributed by atoms with Crippen molar-refractivity contribution in [2.45, 2.75) is 0 Å². The molecule has 3 heteroatoms. The molecule has 0 aliphatic rings. The minimum absolute atomic E-state index is 0.661. The number of hydrogen-bond donors (Lipinski definition) is 0. The fraction of sp³-hybridized carbons (Fsp3) is 0. The van der Waals surface area contributed by atoms with Gasteiger partial charge in [-0.15, -0.1) is 0 Å². The van der Waals surface area contributed by atoms with E-state index in [1.54, 1.807) is 0 Å². The highest BCUT2D eigenvalue weighted by molar-refractivity contribution is 9.10. The molecule has 0 bridgehead atoms. The van der Waals surface area contributed by atoms with E-state index in [2.05, 4.69) is 27.0 Å². The Bertz CT molecular complexity index is 786. The lowest BCUT2D eigenvalue weighted by atomic mass is 10.0. The van der Waals surface area contributed by atoms with Crippen molar-refractivity contribution < 1.29 is 0 Å². The van der Waals surface area contributed by atoms with Crippen LogP contribution in [0.25, 0.3) is 22.0 Å². The molecule has 0 spiro atoms. The molecule has 19 heavy (non-hydrogen) atoms. The zero-order valence-corrected chi connectivity index (χ0v) is 11.6. The van der Waals surface area contributed by atoms with E-state index in [1.807, 2.05) is 54.7 Å². The standard InChI is InChI=1S/C16H9BrN2/c17-16-13-3-1-2-4-15(13)19-10-14(16)12-7-5-11(9-18)6-8-12/h1-8,10H. The van der Waals surface area contributed by atoms with Crippen LogP contribution in [-0.2, 0) is 0 Å². The number of fused-ring (bicyclic) bond motifs is 1. The van der Waals surface area contributed by atoms with Crippen LogP contribution < -0.4 is 0 Å². The van der Waals surface area contributed by atoms with Crippen LogP contribution in [0.3, 0.4) is 0 Å². The van der Waals surface area contributed by atoms with Crippen LogP contribution >= 0.6 is 15.9 Å². The maximum absolute atomic E-state index is 8.82. The lowest BCUT2D eigenvalue weighted by Gasteiger charge is -2.07. The summed E-state index contributed by atoms with van der Waals surface area (Å²) >= 11 is 3.65. The van der Waals surface area contributed by atoms with E-state index >= 15 is 0 Å². The van der Waals surface area contributed by atoms with Crippen LogP contribution in [0.5, 0.6) is 0 Å². The SMILES string of the molecule is N#Cc1ccc(-c2cnc3ccccc3c2Br)cc1. The quantitative estimate of drug-likeness (QED) is 0.662. The zero-order valence-electron chi connectivity index (χ0n) is 9.97. The normalized spacial score (nSPS) is 10.3. The maximum Gasteiger partial charge on any atom is 0.0991 e. The van der Waals surface area contributed by atoms with Crippen molar-refractivity contribution in [3.05, 3.63) is 64.8 Å². The van der Waals surface area contributed by atoms with Crippen LogP contribution in [0.2, 0.25) is 0 Å². The molecule has 0 radical (unpaired) electrons. The van der Waals surface area contributed by atoms with Gasteiger partial charge >= 0.3 is 0 Å². The Kier molecular flexibility index (Phi) is 3.02. The molecule has 0 fully saturated rings. The number of halogens is 1. The van der Waals surface area contributed by atoms with Gasteiger partial charge in [0.15, 0.2) is 0 Å². The number of nitrogens with zero attached hydrogens (tertiary/aromatic N) is 2. The fourth-order valence-corrected chi connectivity index (χ4v) is 2.70. The second-order valence-electron chi connectivity index (χ2n) is 4.19. The summed E-state index contributed by atoms with van der Waals surface area (Å²) in [5, 5.41) is 9.91. The van der Waals surface area contributed by atoms with E-state index in [1.165, 1.54) is 0 Å². The van der Waals surface area contributed by atoms with E-state index in [0.29, 0.717) is 5.56 Å². The summed E-state index contributed by atoms with van der Waals surface area (Å²) in [6.45, 7) is 0. The molecule has 90 valence electrons. The molecule has 3 rings (SSSR count). The van der Waals surface area contributed by atoms with Gasteiger partial charge in [0.25, 0.3) is 0 Å². The van der Waals surface area contributed by atoms with Crippen molar-refractivity contribution in [2.75, 3.05) is 0 Å². The van der Waals surface area contributed by atoms with Gasteiger partial charge in [0.2, 0.25) is 0 Å². The molecule has 0 unspecified atom stereocenters. The molecule has 1 heterocycles. The third-order valence-corrected chi connectivity index (χ3v) is 3.89. The van der Waals surface area contributed by atoms with Gasteiger partial charge < -0.3 is 0 Å². The van der Waals surface area contributed by atoms with Crippen molar-refractivity contribution in [3.8, 4) is 17.2 Å². The first-order chi connectivity index (χ1) is 9.29. The molecule has 3 aromatic rings. The molecule has 2 nitrogen and oxygen atoms in total. The number of pyridine rings is 1. The number of nitriles is 1. The molecular weight excluding hydrogens is 300 g/mol. The molecule has 0 saturated heterocycles. The molecular formula is C16H9BrN2. The van der Waals surface area contributed by atoms with E-state index in [-0.39, 0.29) is 0 Å². The van der Waals surface area contributed by atoms with Crippen LogP contribution in [0, 0.1) is 11.3 Å². The third kappa shape index (κ3) is 2.11. The van der Waals surface area contributed by atoms with Gasteiger partial charge in [-0.25, -0.2) is 0 Å². The first kappa shape index (κ1) is 11.9. The van der Waals surface area contributed by atoms with Gasteiger partial charge in [0, 0.05) is 21.6 Å². The predicted octanol–water partition coefficient (Wildman–Crippen LogP) is 4.54. The largest absolute Gasteiger partial charge is 0.256 e. The predicted molar refractivity (Wildman–Crippen MR) is 79.6 cm³/mol. The summed E-state index contributed by atoms with van der Waals surface area (Å²) in [5.74, 6) is 0. The van der Waals surface area contributed by atoms with Gasteiger partial charge in [-0.2, -0.15) is 5.26 Å². The van der Waals surface area contributed by atoms with Gasteiger partial charge in [-0.3, -0.25) is 4.98 Å². The van der Waals surface area contributed by atoms with Crippen LogP contribution in [0.15, 0.2) is 59.2 Å². The van der Waals surface area contributed by atoms with Crippen molar-refractivity contribution in [3.63, 3.8) is 0 Å². The summed E-state index contributed by atoms with van der Waals surface area (Å²) in [6.07, 6.45) is 1.85. The maximum atomic E-state index is 8.82. The Hall–Kier alpha value is -2.18. The number of rotatable bonds is 1. The summed E-state index contributed by atoms with van der Waals surface area (Å²) in [5.41, 5.74) is 3.70. The number of hydrogen-bond acceptors (Lipinski definition) is 2. The fourth-order valence-electron chi connectivity index (χ4n) is 2.03. The van der Waals surface area contributed by atoms with Crippen LogP contribution in [0.4, 0.5) is 0 Å². The second-order valence-corrected chi connectivity index (χ2v) is 4.99. The monoisotopic (exact) mass is 308 g/mol. The summed E-state index contributed by atoms with van der Waals surface area (Å²) in [7, 11) is 0. The Balaban J connectivity index is 2.19. The number of benzene rings is 2. The summed E-state index contributed by atoms with van der Waals surface area (Å²) in [4.78, 5) is 4.47. The second kappa shape index (κ2) is 4.83. The van der Waals surface area contributed by atoms with Crippen LogP contribution in [-0.4, -0.2) is 4.98 Å². The number of aromatic nitrogens is 1. The molecule has 1 aromatic heterocycles. The summed E-state index contributed by atoms with van der Waals surface area (Å²) < 4.78 is 1.03. The highest BCUT2D eigenvalue weighted by Gasteiger charge is 2.07. The van der Waals surface area contributed by atoms with E-state index in [4.69, 9.17) is 5.26 Å². The van der Waals surface area contributed by atoms with Gasteiger partial charge in [0.1, 0.15) is 0 Å². The lowest BCUT2D eigenvalue weighted by molar-refractivity contribution is 1.39. The molecule has 0 atom stereocenters. The molecule has 0 amide bonds. The minimum Gasteiger partial charge on any atom is -0.256 e. The zero-order chi connectivity index (χ0) is 13.2. The van der Waals surface area contributed by atoms with Crippen molar-refractivity contribution in [2.24, 2.45) is 0 Å². The third-order valence-electron chi connectivity index (χ3n) is 3.03. The molecule has 0 saturated carbocycles. The van der Waals surface area contributed by atoms with Gasteiger partial charge in [-0.05, 0) is 39.7 Å². The number of para-hydroxylation sites is 1. The average molecular weight is 309 g/mol. The highest BCUT2D eigenvalue weighted by atomic mass is 79.9. The first-order valence-electron chi connectivity index (χ1n) is 5.83. The van der Waals surface area contributed by atoms with Gasteiger partial charge in [0.05, 0.1) is 17.1 Å². The average Bonchev–Trinajstić information content (AvgIpc) is 2.48. The Morgan fingerprint density at radius 2 is 1.74 bits per heavy atom. The Morgan fingerprint density at radius 1 is 1.00 bits per heavy atom. The molecule has 0 N–H and O–H groups in total. The Morgan fingerprint density at radius 3 is 2.47 bits per heavy atom. The van der Waals surface area contributed by atoms with Gasteiger partial charge in [-0.1, -0.05) is 30.3 Å².